The maximum Gasteiger partial charge on any atom is 0.401 e. The summed E-state index contributed by atoms with van der Waals surface area (Å²) >= 11 is 0. The van der Waals surface area contributed by atoms with Gasteiger partial charge in [0.25, 0.3) is 5.65 Å². The second kappa shape index (κ2) is 10.2. The van der Waals surface area contributed by atoms with Gasteiger partial charge >= 0.3 is 5.95 Å². The summed E-state index contributed by atoms with van der Waals surface area (Å²) in [7, 11) is 1.68. The van der Waals surface area contributed by atoms with Gasteiger partial charge in [-0.15, -0.1) is 4.68 Å². The molecule has 0 bridgehead atoms. The third-order valence-corrected chi connectivity index (χ3v) is 7.13. The van der Waals surface area contributed by atoms with Crippen LogP contribution in [0.25, 0.3) is 5.65 Å². The van der Waals surface area contributed by atoms with Gasteiger partial charge in [-0.05, 0) is 43.2 Å². The van der Waals surface area contributed by atoms with Gasteiger partial charge in [-0.1, -0.05) is 35.5 Å². The second-order valence-electron chi connectivity index (χ2n) is 10.8. The summed E-state index contributed by atoms with van der Waals surface area (Å²) in [5, 5.41) is 9.06. The lowest BCUT2D eigenvalue weighted by molar-refractivity contribution is -0.723. The van der Waals surface area contributed by atoms with E-state index >= 15 is 0 Å². The number of aromatic nitrogens is 4. The van der Waals surface area contributed by atoms with Gasteiger partial charge in [0.1, 0.15) is 11.9 Å². The zero-order valence-corrected chi connectivity index (χ0v) is 22.2. The number of carbonyl (C=O) groups excluding carboxylic acids is 1. The number of fused-ring (bicyclic) bond motifs is 1. The molecule has 0 unspecified atom stereocenters. The number of rotatable bonds is 7. The molecule has 3 heterocycles. The van der Waals surface area contributed by atoms with E-state index < -0.39 is 0 Å². The SMILES string of the molecule is COc1c(N2CCOCC2)cc(C(=O)C[n+]2nc3ccc(OC4CCCC4)nn3c2N)cc1C(C)(C)C. The van der Waals surface area contributed by atoms with Gasteiger partial charge < -0.3 is 19.1 Å². The van der Waals surface area contributed by atoms with Crippen LogP contribution in [0.1, 0.15) is 62.4 Å². The van der Waals surface area contributed by atoms with E-state index in [-0.39, 0.29) is 29.8 Å². The number of hydrogen-bond acceptors (Lipinski definition) is 8. The minimum atomic E-state index is -0.225. The topological polar surface area (TPSA) is 108 Å². The van der Waals surface area contributed by atoms with Crippen molar-refractivity contribution in [1.82, 2.24) is 14.7 Å². The number of Topliss-reactive ketones (excluding diaryl/α,β-unsaturated/α-hetero) is 1. The molecule has 0 atom stereocenters. The summed E-state index contributed by atoms with van der Waals surface area (Å²) in [6, 6.07) is 7.47. The molecule has 3 aromatic rings. The van der Waals surface area contributed by atoms with Crippen molar-refractivity contribution >= 4 is 23.1 Å². The van der Waals surface area contributed by atoms with E-state index in [1.807, 2.05) is 18.2 Å². The highest BCUT2D eigenvalue weighted by molar-refractivity contribution is 5.97. The number of anilines is 2. The first-order valence-corrected chi connectivity index (χ1v) is 13.0. The van der Waals surface area contributed by atoms with Gasteiger partial charge in [-0.3, -0.25) is 10.5 Å². The second-order valence-corrected chi connectivity index (χ2v) is 10.8. The standard InChI is InChI=1S/C27H36N6O4/c1-27(2,3)20-15-18(16-21(25(20)35-4)31-11-13-36-14-12-31)22(34)17-32-26(28)33-23(29-32)9-10-24(30-33)37-19-7-5-6-8-19/h9-10,15-16,19,28H,5-8,11-14,17H2,1-4H3/p+1. The molecule has 2 fully saturated rings. The molecular weight excluding hydrogens is 472 g/mol. The maximum absolute atomic E-state index is 13.6. The van der Waals surface area contributed by atoms with Crippen molar-refractivity contribution in [3.8, 4) is 11.6 Å². The summed E-state index contributed by atoms with van der Waals surface area (Å²) in [4.78, 5) is 15.8. The van der Waals surface area contributed by atoms with Crippen LogP contribution in [0.15, 0.2) is 24.3 Å². The van der Waals surface area contributed by atoms with Crippen LogP contribution in [-0.2, 0) is 16.7 Å². The Kier molecular flexibility index (Phi) is 6.94. The fourth-order valence-corrected chi connectivity index (χ4v) is 5.10. The Morgan fingerprint density at radius 1 is 1.19 bits per heavy atom. The summed E-state index contributed by atoms with van der Waals surface area (Å²) < 4.78 is 20.5. The third kappa shape index (κ3) is 5.20. The number of nitrogens with zero attached hydrogens (tertiary/aromatic N) is 5. The molecule has 0 amide bonds. The lowest BCUT2D eigenvalue weighted by atomic mass is 9.84. The van der Waals surface area contributed by atoms with Crippen molar-refractivity contribution in [2.24, 2.45) is 0 Å². The molecule has 1 aliphatic carbocycles. The average molecular weight is 510 g/mol. The molecule has 198 valence electrons. The highest BCUT2D eigenvalue weighted by Crippen LogP contribution is 2.40. The van der Waals surface area contributed by atoms with E-state index in [0.717, 1.165) is 42.9 Å². The van der Waals surface area contributed by atoms with Gasteiger partial charge in [-0.25, -0.2) is 0 Å². The highest BCUT2D eigenvalue weighted by atomic mass is 16.5. The Morgan fingerprint density at radius 3 is 2.59 bits per heavy atom. The van der Waals surface area contributed by atoms with Crippen LogP contribution in [-0.4, -0.2) is 60.0 Å². The number of methoxy groups -OCH3 is 1. The molecular formula is C27H37N6O4+. The first-order valence-electron chi connectivity index (χ1n) is 13.0. The highest BCUT2D eigenvalue weighted by Gasteiger charge is 2.29. The number of carbonyl (C=O) groups is 1. The average Bonchev–Trinajstić information content (AvgIpc) is 3.51. The summed E-state index contributed by atoms with van der Waals surface area (Å²) in [6.45, 7) is 9.10. The van der Waals surface area contributed by atoms with Crippen LogP contribution in [0, 0.1) is 0 Å². The largest absolute Gasteiger partial charge is 0.494 e. The van der Waals surface area contributed by atoms with Crippen molar-refractivity contribution in [2.75, 3.05) is 44.0 Å². The van der Waals surface area contributed by atoms with E-state index in [1.54, 1.807) is 13.2 Å². The fourth-order valence-electron chi connectivity index (χ4n) is 5.10. The molecule has 2 N–H and O–H groups in total. The number of ketones is 1. The number of ether oxygens (including phenoxy) is 3. The van der Waals surface area contributed by atoms with Crippen molar-refractivity contribution < 1.29 is 23.7 Å². The minimum absolute atomic E-state index is 0.00747. The van der Waals surface area contributed by atoms with Crippen molar-refractivity contribution in [3.05, 3.63) is 35.4 Å². The number of hydrogen-bond donors (Lipinski definition) is 1. The third-order valence-electron chi connectivity index (χ3n) is 7.13. The van der Waals surface area contributed by atoms with E-state index in [4.69, 9.17) is 19.9 Å². The lowest BCUT2D eigenvalue weighted by Crippen LogP contribution is -2.42. The van der Waals surface area contributed by atoms with Crippen LogP contribution >= 0.6 is 0 Å². The number of morpholine rings is 1. The zero-order chi connectivity index (χ0) is 26.2. The molecule has 0 radical (unpaired) electrons. The molecule has 1 aromatic carbocycles. The molecule has 10 heteroatoms. The molecule has 5 rings (SSSR count). The monoisotopic (exact) mass is 509 g/mol. The lowest BCUT2D eigenvalue weighted by Gasteiger charge is -2.33. The summed E-state index contributed by atoms with van der Waals surface area (Å²) in [6.07, 6.45) is 4.63. The quantitative estimate of drug-likeness (QED) is 0.383. The molecule has 37 heavy (non-hydrogen) atoms. The Balaban J connectivity index is 1.45. The van der Waals surface area contributed by atoms with Crippen LogP contribution in [0.3, 0.4) is 0 Å². The maximum atomic E-state index is 13.6. The molecule has 2 aliphatic rings. The molecule has 2 aromatic heterocycles. The fraction of sp³-hybridized carbons (Fsp3) is 0.556. The van der Waals surface area contributed by atoms with E-state index in [2.05, 4.69) is 35.9 Å². The number of nitrogen functional groups attached to an aromatic ring is 1. The first-order chi connectivity index (χ1) is 17.7. The van der Waals surface area contributed by atoms with Crippen molar-refractivity contribution in [2.45, 2.75) is 64.5 Å². The predicted octanol–water partition coefficient (Wildman–Crippen LogP) is 2.95. The molecule has 0 spiro atoms. The summed E-state index contributed by atoms with van der Waals surface area (Å²) in [5.41, 5.74) is 9.20. The van der Waals surface area contributed by atoms with Gasteiger partial charge in [0.15, 0.2) is 12.3 Å². The molecule has 10 nitrogen and oxygen atoms in total. The van der Waals surface area contributed by atoms with E-state index in [9.17, 15) is 4.79 Å². The Bertz CT molecular complexity index is 1290. The van der Waals surface area contributed by atoms with Gasteiger partial charge in [0.2, 0.25) is 5.88 Å². The van der Waals surface area contributed by atoms with Crippen molar-refractivity contribution in [1.29, 1.82) is 0 Å². The van der Waals surface area contributed by atoms with E-state index in [0.29, 0.717) is 30.3 Å². The Morgan fingerprint density at radius 2 is 1.92 bits per heavy atom. The normalized spacial score (nSPS) is 16.9. The van der Waals surface area contributed by atoms with Gasteiger partial charge in [0, 0.05) is 36.3 Å². The summed E-state index contributed by atoms with van der Waals surface area (Å²) in [5.74, 6) is 1.50. The van der Waals surface area contributed by atoms with E-state index in [1.165, 1.54) is 22.0 Å². The minimum Gasteiger partial charge on any atom is -0.494 e. The predicted molar refractivity (Wildman–Crippen MR) is 140 cm³/mol. The van der Waals surface area contributed by atoms with Crippen LogP contribution in [0.4, 0.5) is 11.6 Å². The number of benzene rings is 1. The molecule has 1 saturated heterocycles. The zero-order valence-electron chi connectivity index (χ0n) is 22.2. The first kappa shape index (κ1) is 25.3. The smallest absolute Gasteiger partial charge is 0.401 e. The van der Waals surface area contributed by atoms with Crippen molar-refractivity contribution in [3.63, 3.8) is 0 Å². The van der Waals surface area contributed by atoms with Crippen LogP contribution < -0.4 is 24.8 Å². The molecule has 1 aliphatic heterocycles. The van der Waals surface area contributed by atoms with Gasteiger partial charge in [-0.2, -0.15) is 0 Å². The molecule has 1 saturated carbocycles. The Labute approximate surface area is 217 Å². The van der Waals surface area contributed by atoms with Crippen LogP contribution in [0.5, 0.6) is 11.6 Å². The number of nitrogens with two attached hydrogens (primary N) is 1. The van der Waals surface area contributed by atoms with Crippen LogP contribution in [0.2, 0.25) is 0 Å². The Hall–Kier alpha value is -3.40. The van der Waals surface area contributed by atoms with Gasteiger partial charge in [0.05, 0.1) is 26.0 Å².